The average molecular weight is 567 g/mol. The van der Waals surface area contributed by atoms with Crippen LogP contribution in [0.4, 0.5) is 14.6 Å². The van der Waals surface area contributed by atoms with Crippen molar-refractivity contribution in [2.75, 3.05) is 5.32 Å². The second kappa shape index (κ2) is 10.2. The van der Waals surface area contributed by atoms with Crippen LogP contribution in [0.1, 0.15) is 31.3 Å². The third-order valence-corrected chi connectivity index (χ3v) is 12.6. The zero-order valence-electron chi connectivity index (χ0n) is 22.4. The number of hydrogen-bond donors (Lipinski definition) is 1. The van der Waals surface area contributed by atoms with Gasteiger partial charge in [-0.15, -0.1) is 0 Å². The zero-order chi connectivity index (χ0) is 27.9. The molecule has 1 atom stereocenters. The SMILES string of the molecule is CC(C)(C)[Si](C)(C)Oc1cccc(-c2c[n+]3c(c(Sc4ccccc4F)n2)NC(Cc2ccco2)C3=O)c1F. The van der Waals surface area contributed by atoms with Gasteiger partial charge in [-0.3, -0.25) is 5.32 Å². The number of carbonyl (C=O) groups excluding carboxylic acids is 1. The smallest absolute Gasteiger partial charge is 0.359 e. The molecule has 0 radical (unpaired) electrons. The van der Waals surface area contributed by atoms with Crippen LogP contribution in [0.2, 0.25) is 18.1 Å². The number of furan rings is 1. The number of halogens is 2. The molecule has 5 rings (SSSR count). The molecule has 0 bridgehead atoms. The van der Waals surface area contributed by atoms with Crippen LogP contribution in [0.5, 0.6) is 5.75 Å². The Morgan fingerprint density at radius 3 is 2.56 bits per heavy atom. The van der Waals surface area contributed by atoms with E-state index in [1.807, 2.05) is 0 Å². The Morgan fingerprint density at radius 2 is 1.87 bits per heavy atom. The van der Waals surface area contributed by atoms with Crippen LogP contribution in [0.3, 0.4) is 0 Å². The minimum Gasteiger partial charge on any atom is -0.542 e. The number of aromatic nitrogens is 2. The van der Waals surface area contributed by atoms with Crippen molar-refractivity contribution in [2.24, 2.45) is 0 Å². The van der Waals surface area contributed by atoms with E-state index in [9.17, 15) is 9.18 Å². The molecule has 39 heavy (non-hydrogen) atoms. The van der Waals surface area contributed by atoms with Crippen LogP contribution in [0.15, 0.2) is 81.4 Å². The highest BCUT2D eigenvalue weighted by molar-refractivity contribution is 7.99. The Morgan fingerprint density at radius 1 is 1.10 bits per heavy atom. The molecule has 0 amide bonds. The summed E-state index contributed by atoms with van der Waals surface area (Å²) in [6.45, 7) is 10.4. The summed E-state index contributed by atoms with van der Waals surface area (Å²) in [7, 11) is -2.32. The van der Waals surface area contributed by atoms with E-state index < -0.39 is 26.0 Å². The first-order chi connectivity index (χ1) is 18.4. The number of benzene rings is 2. The van der Waals surface area contributed by atoms with Crippen molar-refractivity contribution in [3.63, 3.8) is 0 Å². The van der Waals surface area contributed by atoms with Gasteiger partial charge in [0.25, 0.3) is 8.32 Å². The van der Waals surface area contributed by atoms with Crippen LogP contribution >= 0.6 is 11.8 Å². The Labute approximate surface area is 231 Å². The van der Waals surface area contributed by atoms with Crippen LogP contribution in [0.25, 0.3) is 11.3 Å². The maximum atomic E-state index is 15.9. The number of nitrogens with zero attached hydrogens (tertiary/aromatic N) is 2. The summed E-state index contributed by atoms with van der Waals surface area (Å²) in [6.07, 6.45) is 3.39. The third-order valence-electron chi connectivity index (χ3n) is 7.20. The summed E-state index contributed by atoms with van der Waals surface area (Å²) in [5, 5.41) is 3.44. The lowest BCUT2D eigenvalue weighted by Crippen LogP contribution is -2.44. The molecule has 0 saturated heterocycles. The van der Waals surface area contributed by atoms with Gasteiger partial charge in [0.2, 0.25) is 6.04 Å². The highest BCUT2D eigenvalue weighted by Crippen LogP contribution is 2.40. The lowest BCUT2D eigenvalue weighted by atomic mass is 10.1. The number of anilines is 1. The molecule has 1 N–H and O–H groups in total. The number of rotatable bonds is 7. The largest absolute Gasteiger partial charge is 0.542 e. The molecule has 4 aromatic rings. The van der Waals surface area contributed by atoms with Gasteiger partial charge in [0.1, 0.15) is 29.2 Å². The Hall–Kier alpha value is -3.50. The van der Waals surface area contributed by atoms with Crippen LogP contribution in [-0.2, 0) is 6.42 Å². The molecule has 3 heterocycles. The molecule has 0 aliphatic carbocycles. The summed E-state index contributed by atoms with van der Waals surface area (Å²) in [6, 6.07) is 14.2. The van der Waals surface area contributed by atoms with E-state index in [1.165, 1.54) is 16.8 Å². The molecule has 0 fully saturated rings. The van der Waals surface area contributed by atoms with E-state index in [2.05, 4.69) is 39.2 Å². The standard InChI is InChI=1S/C29H29F2N3O3SSi/c1-29(2,3)39(4,5)37-23-13-8-11-19(25(23)31)22-17-34-26(27(33-22)38-24-14-7-6-12-20(24)30)32-21(28(34)35)16-18-10-9-15-36-18/h6-15,17,21H,16H2,1-5H3/p+1. The van der Waals surface area contributed by atoms with Crippen LogP contribution < -0.4 is 14.3 Å². The summed E-state index contributed by atoms with van der Waals surface area (Å²) in [5.41, 5.74) is 0.434. The van der Waals surface area contributed by atoms with Crippen molar-refractivity contribution in [2.45, 2.75) is 61.3 Å². The molecule has 2 aromatic carbocycles. The van der Waals surface area contributed by atoms with Crippen molar-refractivity contribution in [3.05, 3.63) is 84.5 Å². The normalized spacial score (nSPS) is 15.3. The van der Waals surface area contributed by atoms with Gasteiger partial charge in [-0.1, -0.05) is 50.7 Å². The molecular formula is C29H30F2N3O3SSi+. The fourth-order valence-corrected chi connectivity index (χ4v) is 5.93. The first kappa shape index (κ1) is 27.1. The van der Waals surface area contributed by atoms with E-state index in [4.69, 9.17) is 13.8 Å². The quantitative estimate of drug-likeness (QED) is 0.190. The topological polar surface area (TPSA) is 68.2 Å². The van der Waals surface area contributed by atoms with E-state index in [0.717, 1.165) is 11.8 Å². The number of nitrogens with one attached hydrogen (secondary N) is 1. The van der Waals surface area contributed by atoms with Crippen molar-refractivity contribution in [3.8, 4) is 17.0 Å². The molecule has 1 aliphatic rings. The summed E-state index contributed by atoms with van der Waals surface area (Å²) in [4.78, 5) is 18.5. The minimum atomic E-state index is -2.32. The Kier molecular flexibility index (Phi) is 7.11. The zero-order valence-corrected chi connectivity index (χ0v) is 24.2. The molecule has 0 saturated carbocycles. The number of carbonyl (C=O) groups is 1. The maximum Gasteiger partial charge on any atom is 0.359 e. The molecule has 202 valence electrons. The fourth-order valence-electron chi connectivity index (χ4n) is 4.00. The Bertz CT molecular complexity index is 1540. The molecule has 1 aliphatic heterocycles. The van der Waals surface area contributed by atoms with Gasteiger partial charge in [0.05, 0.1) is 12.7 Å². The molecule has 10 heteroatoms. The number of fused-ring (bicyclic) bond motifs is 1. The minimum absolute atomic E-state index is 0.123. The second-order valence-electron chi connectivity index (χ2n) is 11.0. The molecule has 6 nitrogen and oxygen atoms in total. The van der Waals surface area contributed by atoms with Gasteiger partial charge < -0.3 is 8.84 Å². The van der Waals surface area contributed by atoms with Crippen molar-refractivity contribution < 1.29 is 27.0 Å². The summed E-state index contributed by atoms with van der Waals surface area (Å²) < 4.78 is 43.7. The summed E-state index contributed by atoms with van der Waals surface area (Å²) >= 11 is 1.07. The van der Waals surface area contributed by atoms with E-state index >= 15 is 4.39 Å². The van der Waals surface area contributed by atoms with Gasteiger partial charge in [-0.05, 0) is 54.5 Å². The highest BCUT2D eigenvalue weighted by Gasteiger charge is 2.43. The summed E-state index contributed by atoms with van der Waals surface area (Å²) in [5.74, 6) is 0.00268. The average Bonchev–Trinajstić information content (AvgIpc) is 3.49. The first-order valence-electron chi connectivity index (χ1n) is 12.6. The fraction of sp³-hybridized carbons (Fsp3) is 0.276. The lowest BCUT2D eigenvalue weighted by molar-refractivity contribution is -0.554. The van der Waals surface area contributed by atoms with Gasteiger partial charge in [-0.2, -0.15) is 4.57 Å². The van der Waals surface area contributed by atoms with E-state index in [0.29, 0.717) is 27.9 Å². The van der Waals surface area contributed by atoms with Gasteiger partial charge >= 0.3 is 11.7 Å². The highest BCUT2D eigenvalue weighted by atomic mass is 32.2. The number of hydrogen-bond acceptors (Lipinski definition) is 6. The molecule has 2 aromatic heterocycles. The third kappa shape index (κ3) is 5.35. The van der Waals surface area contributed by atoms with Gasteiger partial charge in [-0.25, -0.2) is 18.6 Å². The van der Waals surface area contributed by atoms with E-state index in [1.54, 1.807) is 54.8 Å². The predicted octanol–water partition coefficient (Wildman–Crippen LogP) is 7.12. The van der Waals surface area contributed by atoms with E-state index in [-0.39, 0.29) is 28.0 Å². The second-order valence-corrected chi connectivity index (χ2v) is 16.7. The van der Waals surface area contributed by atoms with Crippen molar-refractivity contribution in [1.29, 1.82) is 0 Å². The van der Waals surface area contributed by atoms with Crippen molar-refractivity contribution in [1.82, 2.24) is 4.98 Å². The van der Waals surface area contributed by atoms with Crippen LogP contribution in [-0.4, -0.2) is 25.3 Å². The lowest BCUT2D eigenvalue weighted by Gasteiger charge is -2.36. The first-order valence-corrected chi connectivity index (χ1v) is 16.4. The van der Waals surface area contributed by atoms with Crippen molar-refractivity contribution >= 4 is 31.8 Å². The monoisotopic (exact) mass is 566 g/mol. The molecule has 0 spiro atoms. The maximum absolute atomic E-state index is 15.9. The Balaban J connectivity index is 1.58. The van der Waals surface area contributed by atoms with Gasteiger partial charge in [0, 0.05) is 10.5 Å². The predicted molar refractivity (Wildman–Crippen MR) is 149 cm³/mol. The van der Waals surface area contributed by atoms with Crippen LogP contribution in [0, 0.1) is 11.6 Å². The molecular weight excluding hydrogens is 536 g/mol. The van der Waals surface area contributed by atoms with Gasteiger partial charge in [0.15, 0.2) is 10.8 Å². The molecule has 1 unspecified atom stereocenters.